The lowest BCUT2D eigenvalue weighted by Gasteiger charge is -2.16. The van der Waals surface area contributed by atoms with E-state index in [9.17, 15) is 13.2 Å². The van der Waals surface area contributed by atoms with E-state index in [4.69, 9.17) is 19.3 Å². The van der Waals surface area contributed by atoms with Crippen LogP contribution >= 0.6 is 0 Å². The number of carbonyl (C=O) groups is 1. The van der Waals surface area contributed by atoms with Gasteiger partial charge in [0.05, 0.1) is 35.8 Å². The highest BCUT2D eigenvalue weighted by Gasteiger charge is 2.51. The first-order chi connectivity index (χ1) is 17.9. The zero-order chi connectivity index (χ0) is 25.9. The van der Waals surface area contributed by atoms with Crippen LogP contribution in [0.3, 0.4) is 0 Å². The Morgan fingerprint density at radius 2 is 1.81 bits per heavy atom. The number of hydrogen-bond donors (Lipinski definition) is 3. The molecule has 194 valence electrons. The van der Waals surface area contributed by atoms with Crippen molar-refractivity contribution in [2.45, 2.75) is 23.2 Å². The molecule has 0 bridgehead atoms. The number of rotatable bonds is 11. The Morgan fingerprint density at radius 3 is 2.57 bits per heavy atom. The average Bonchev–Trinajstić information content (AvgIpc) is 3.59. The van der Waals surface area contributed by atoms with Crippen LogP contribution in [0.2, 0.25) is 0 Å². The molecule has 1 aliphatic heterocycles. The predicted molar refractivity (Wildman–Crippen MR) is 135 cm³/mol. The van der Waals surface area contributed by atoms with Gasteiger partial charge in [0.2, 0.25) is 22.7 Å². The fourth-order valence-electron chi connectivity index (χ4n) is 4.17. The molecule has 5 rings (SSSR count). The fourth-order valence-corrected chi connectivity index (χ4v) is 5.18. The maximum atomic E-state index is 13.2. The zero-order valence-electron chi connectivity index (χ0n) is 20.0. The van der Waals surface area contributed by atoms with Gasteiger partial charge in [-0.1, -0.05) is 24.3 Å². The van der Waals surface area contributed by atoms with Gasteiger partial charge in [0.1, 0.15) is 5.82 Å². The number of sulfonamides is 1. The molecule has 2 aromatic carbocycles. The molecule has 1 saturated carbocycles. The highest BCUT2D eigenvalue weighted by molar-refractivity contribution is 7.89. The monoisotopic (exact) mass is 525 g/mol. The third-order valence-electron chi connectivity index (χ3n) is 6.33. The van der Waals surface area contributed by atoms with Gasteiger partial charge in [0.25, 0.3) is 0 Å². The number of amides is 1. The molecule has 3 aromatic rings. The highest BCUT2D eigenvalue weighted by atomic mass is 32.2. The molecule has 2 heterocycles. The molecule has 10 nitrogen and oxygen atoms in total. The van der Waals surface area contributed by atoms with Crippen molar-refractivity contribution in [3.8, 4) is 22.8 Å². The van der Waals surface area contributed by atoms with Crippen molar-refractivity contribution in [2.75, 3.05) is 38.5 Å². The first-order valence-electron chi connectivity index (χ1n) is 11.9. The zero-order valence-corrected chi connectivity index (χ0v) is 20.8. The summed E-state index contributed by atoms with van der Waals surface area (Å²) < 4.78 is 43.3. The fraction of sp³-hybridized carbons (Fsp3) is 0.308. The van der Waals surface area contributed by atoms with Gasteiger partial charge in [-0.3, -0.25) is 4.79 Å². The van der Waals surface area contributed by atoms with Crippen LogP contribution in [0, 0.1) is 0 Å². The second-order valence-electron chi connectivity index (χ2n) is 8.77. The SMILES string of the molecule is O=C(Nc1cccc(-c2ccc(S(=O)(=O)NCCOCCO)cc2)n1)C1(c2ccc3c(c2)OCO3)CC1. The standard InChI is InChI=1S/C26H27N3O7S/c30-13-15-34-14-12-27-37(32,33)20-7-4-18(5-8-20)21-2-1-3-24(28-21)29-25(31)26(10-11-26)19-6-9-22-23(16-19)36-17-35-22/h1-9,16,27,30H,10-15,17H2,(H,28,29,31). The minimum Gasteiger partial charge on any atom is -0.454 e. The first-order valence-corrected chi connectivity index (χ1v) is 13.4. The maximum Gasteiger partial charge on any atom is 0.240 e. The quantitative estimate of drug-likeness (QED) is 0.325. The summed E-state index contributed by atoms with van der Waals surface area (Å²) in [6, 6.07) is 17.2. The van der Waals surface area contributed by atoms with E-state index < -0.39 is 15.4 Å². The Hall–Kier alpha value is -3.51. The summed E-state index contributed by atoms with van der Waals surface area (Å²) in [5, 5.41) is 11.6. The van der Waals surface area contributed by atoms with Crippen LogP contribution in [0.4, 0.5) is 5.82 Å². The summed E-state index contributed by atoms with van der Waals surface area (Å²) >= 11 is 0. The summed E-state index contributed by atoms with van der Waals surface area (Å²) in [6.07, 6.45) is 1.46. The molecule has 1 aliphatic carbocycles. The Labute approximate surface area is 214 Å². The number of aliphatic hydroxyl groups excluding tert-OH is 1. The van der Waals surface area contributed by atoms with Crippen LogP contribution in [-0.2, 0) is 25.0 Å². The molecule has 1 fully saturated rings. The van der Waals surface area contributed by atoms with E-state index in [0.717, 1.165) is 18.4 Å². The predicted octanol–water partition coefficient (Wildman–Crippen LogP) is 2.43. The minimum atomic E-state index is -3.70. The molecular formula is C26H27N3O7S. The van der Waals surface area contributed by atoms with E-state index in [2.05, 4.69) is 15.0 Å². The largest absolute Gasteiger partial charge is 0.454 e. The van der Waals surface area contributed by atoms with Gasteiger partial charge < -0.3 is 24.6 Å². The number of fused-ring (bicyclic) bond motifs is 1. The van der Waals surface area contributed by atoms with Gasteiger partial charge in [0.15, 0.2) is 11.5 Å². The summed E-state index contributed by atoms with van der Waals surface area (Å²) in [5.41, 5.74) is 1.57. The number of hydrogen-bond acceptors (Lipinski definition) is 8. The van der Waals surface area contributed by atoms with Gasteiger partial charge >= 0.3 is 0 Å². The summed E-state index contributed by atoms with van der Waals surface area (Å²) in [6.45, 7) is 0.478. The second kappa shape index (κ2) is 10.5. The second-order valence-corrected chi connectivity index (χ2v) is 10.5. The van der Waals surface area contributed by atoms with Crippen LogP contribution < -0.4 is 19.5 Å². The van der Waals surface area contributed by atoms with Gasteiger partial charge in [-0.25, -0.2) is 18.1 Å². The number of aromatic nitrogens is 1. The number of benzene rings is 2. The molecule has 0 atom stereocenters. The molecule has 0 unspecified atom stereocenters. The first kappa shape index (κ1) is 25.2. The van der Waals surface area contributed by atoms with Crippen LogP contribution in [0.15, 0.2) is 65.6 Å². The lowest BCUT2D eigenvalue weighted by molar-refractivity contribution is -0.118. The molecule has 1 aromatic heterocycles. The summed E-state index contributed by atoms with van der Waals surface area (Å²) in [4.78, 5) is 17.9. The van der Waals surface area contributed by atoms with Gasteiger partial charge in [-0.15, -0.1) is 0 Å². The van der Waals surface area contributed by atoms with Crippen molar-refractivity contribution in [1.29, 1.82) is 0 Å². The number of ether oxygens (including phenoxy) is 3. The Bertz CT molecular complexity index is 1390. The third-order valence-corrected chi connectivity index (χ3v) is 7.81. The van der Waals surface area contributed by atoms with Gasteiger partial charge in [0, 0.05) is 12.1 Å². The van der Waals surface area contributed by atoms with E-state index in [0.29, 0.717) is 28.6 Å². The van der Waals surface area contributed by atoms with Crippen molar-refractivity contribution < 1.29 is 32.5 Å². The lowest BCUT2D eigenvalue weighted by Crippen LogP contribution is -2.28. The van der Waals surface area contributed by atoms with Gasteiger partial charge in [-0.2, -0.15) is 0 Å². The van der Waals surface area contributed by atoms with Crippen molar-refractivity contribution in [3.63, 3.8) is 0 Å². The van der Waals surface area contributed by atoms with E-state index in [1.54, 1.807) is 30.3 Å². The van der Waals surface area contributed by atoms with Crippen molar-refractivity contribution >= 4 is 21.7 Å². The number of nitrogens with one attached hydrogen (secondary N) is 2. The topological polar surface area (TPSA) is 136 Å². The average molecular weight is 526 g/mol. The summed E-state index contributed by atoms with van der Waals surface area (Å²) in [7, 11) is -3.70. The normalized spacial score (nSPS) is 15.4. The molecule has 3 N–H and O–H groups in total. The Kier molecular flexibility index (Phi) is 7.11. The molecule has 2 aliphatic rings. The van der Waals surface area contributed by atoms with Crippen LogP contribution in [0.1, 0.15) is 18.4 Å². The number of nitrogens with zero attached hydrogens (tertiary/aromatic N) is 1. The molecule has 1 amide bonds. The lowest BCUT2D eigenvalue weighted by atomic mass is 9.94. The van der Waals surface area contributed by atoms with Crippen molar-refractivity contribution in [3.05, 3.63) is 66.2 Å². The van der Waals surface area contributed by atoms with Crippen LogP contribution in [0.5, 0.6) is 11.5 Å². The van der Waals surface area contributed by atoms with E-state index in [-0.39, 0.29) is 44.0 Å². The third kappa shape index (κ3) is 5.44. The molecule has 37 heavy (non-hydrogen) atoms. The minimum absolute atomic E-state index is 0.0983. The molecule has 0 saturated heterocycles. The molecule has 11 heteroatoms. The van der Waals surface area contributed by atoms with Crippen LogP contribution in [0.25, 0.3) is 11.3 Å². The Morgan fingerprint density at radius 1 is 1.03 bits per heavy atom. The van der Waals surface area contributed by atoms with E-state index in [1.807, 2.05) is 18.2 Å². The Balaban J connectivity index is 1.25. The molecule has 0 spiro atoms. The van der Waals surface area contributed by atoms with Crippen molar-refractivity contribution in [2.24, 2.45) is 0 Å². The van der Waals surface area contributed by atoms with Gasteiger partial charge in [-0.05, 0) is 54.8 Å². The summed E-state index contributed by atoms with van der Waals surface area (Å²) in [5.74, 6) is 1.60. The van der Waals surface area contributed by atoms with Crippen molar-refractivity contribution in [1.82, 2.24) is 9.71 Å². The smallest absolute Gasteiger partial charge is 0.240 e. The number of carbonyl (C=O) groups excluding carboxylic acids is 1. The molecular weight excluding hydrogens is 498 g/mol. The molecule has 0 radical (unpaired) electrons. The number of aliphatic hydroxyl groups is 1. The number of anilines is 1. The van der Waals surface area contributed by atoms with E-state index in [1.165, 1.54) is 12.1 Å². The number of pyridine rings is 1. The van der Waals surface area contributed by atoms with Crippen LogP contribution in [-0.4, -0.2) is 57.6 Å². The van der Waals surface area contributed by atoms with E-state index >= 15 is 0 Å². The highest BCUT2D eigenvalue weighted by Crippen LogP contribution is 2.51. The maximum absolute atomic E-state index is 13.2.